The van der Waals surface area contributed by atoms with Crippen LogP contribution in [-0.2, 0) is 0 Å². The number of Topliss-reactive ketones (excluding diaryl/α,β-unsaturated/α-hetero) is 1. The highest BCUT2D eigenvalue weighted by Gasteiger charge is 2.18. The van der Waals surface area contributed by atoms with Gasteiger partial charge in [-0.05, 0) is 24.6 Å². The molecule has 0 radical (unpaired) electrons. The summed E-state index contributed by atoms with van der Waals surface area (Å²) in [5.74, 6) is 1.20. The van der Waals surface area contributed by atoms with Crippen LogP contribution < -0.4 is 9.47 Å². The molecule has 0 saturated carbocycles. The van der Waals surface area contributed by atoms with Crippen LogP contribution in [0.5, 0.6) is 11.5 Å². The number of hydrogen-bond acceptors (Lipinski definition) is 3. The molecule has 2 aromatic carbocycles. The maximum absolute atomic E-state index is 11.8. The van der Waals surface area contributed by atoms with E-state index in [1.807, 2.05) is 30.3 Å². The normalized spacial score (nSPS) is 10.1. The minimum atomic E-state index is -0.000180. The van der Waals surface area contributed by atoms with Crippen molar-refractivity contribution in [2.75, 3.05) is 14.2 Å². The van der Waals surface area contributed by atoms with E-state index in [1.54, 1.807) is 33.3 Å². The maximum atomic E-state index is 11.8. The smallest absolute Gasteiger partial charge is 0.169 e. The van der Waals surface area contributed by atoms with Crippen molar-refractivity contribution in [1.82, 2.24) is 0 Å². The average Bonchev–Trinajstić information content (AvgIpc) is 2.46. The lowest BCUT2D eigenvalue weighted by molar-refractivity contribution is 0.101. The number of hydrogen-bond donors (Lipinski definition) is 0. The number of carbonyl (C=O) groups is 1. The van der Waals surface area contributed by atoms with Gasteiger partial charge in [0.05, 0.1) is 14.2 Å². The van der Waals surface area contributed by atoms with E-state index in [4.69, 9.17) is 9.47 Å². The molecule has 0 atom stereocenters. The monoisotopic (exact) mass is 256 g/mol. The van der Waals surface area contributed by atoms with Crippen molar-refractivity contribution >= 4 is 5.78 Å². The van der Waals surface area contributed by atoms with Crippen LogP contribution in [0.2, 0.25) is 0 Å². The molecule has 2 aromatic rings. The van der Waals surface area contributed by atoms with Crippen LogP contribution in [0.4, 0.5) is 0 Å². The molecule has 3 nitrogen and oxygen atoms in total. The predicted octanol–water partition coefficient (Wildman–Crippen LogP) is 3.57. The Hall–Kier alpha value is -2.29. The van der Waals surface area contributed by atoms with Gasteiger partial charge in [0.15, 0.2) is 17.3 Å². The topological polar surface area (TPSA) is 35.5 Å². The van der Waals surface area contributed by atoms with Crippen molar-refractivity contribution < 1.29 is 14.3 Å². The predicted molar refractivity (Wildman–Crippen MR) is 75.0 cm³/mol. The molecule has 0 amide bonds. The highest BCUT2D eigenvalue weighted by molar-refractivity contribution is 6.03. The third-order valence-electron chi connectivity index (χ3n) is 2.99. The summed E-state index contributed by atoms with van der Waals surface area (Å²) >= 11 is 0. The van der Waals surface area contributed by atoms with E-state index in [9.17, 15) is 4.79 Å². The summed E-state index contributed by atoms with van der Waals surface area (Å²) in [6.07, 6.45) is 0. The molecule has 0 heterocycles. The molecule has 19 heavy (non-hydrogen) atoms. The molecular formula is C16H16O3. The minimum absolute atomic E-state index is 0.000180. The molecule has 0 aliphatic heterocycles. The molecule has 98 valence electrons. The summed E-state index contributed by atoms with van der Waals surface area (Å²) in [5, 5.41) is 0. The summed E-state index contributed by atoms with van der Waals surface area (Å²) in [6.45, 7) is 1.55. The van der Waals surface area contributed by atoms with E-state index in [2.05, 4.69) is 0 Å². The summed E-state index contributed by atoms with van der Waals surface area (Å²) in [7, 11) is 3.16. The van der Waals surface area contributed by atoms with E-state index >= 15 is 0 Å². The van der Waals surface area contributed by atoms with Crippen molar-refractivity contribution in [1.29, 1.82) is 0 Å². The van der Waals surface area contributed by atoms with Gasteiger partial charge >= 0.3 is 0 Å². The highest BCUT2D eigenvalue weighted by atomic mass is 16.5. The third-order valence-corrected chi connectivity index (χ3v) is 2.99. The molecule has 0 spiro atoms. The molecular weight excluding hydrogens is 240 g/mol. The van der Waals surface area contributed by atoms with Crippen LogP contribution in [0.1, 0.15) is 17.3 Å². The first-order chi connectivity index (χ1) is 9.19. The van der Waals surface area contributed by atoms with E-state index in [1.165, 1.54) is 0 Å². The zero-order chi connectivity index (χ0) is 13.8. The van der Waals surface area contributed by atoms with Crippen molar-refractivity contribution in [2.45, 2.75) is 6.92 Å². The molecule has 0 N–H and O–H groups in total. The standard InChI is InChI=1S/C16H16O3/c1-11(17)13-9-10-14(18-2)16(19-3)15(13)12-7-5-4-6-8-12/h4-10H,1-3H3. The van der Waals surface area contributed by atoms with Gasteiger partial charge in [-0.1, -0.05) is 30.3 Å². The Morgan fingerprint density at radius 1 is 0.947 bits per heavy atom. The lowest BCUT2D eigenvalue weighted by Gasteiger charge is -2.16. The third kappa shape index (κ3) is 2.45. The van der Waals surface area contributed by atoms with E-state index in [-0.39, 0.29) is 5.78 Å². The molecule has 0 bridgehead atoms. The van der Waals surface area contributed by atoms with Gasteiger partial charge in [0.1, 0.15) is 0 Å². The van der Waals surface area contributed by atoms with E-state index in [0.29, 0.717) is 17.1 Å². The molecule has 0 saturated heterocycles. The molecule has 2 rings (SSSR count). The first-order valence-corrected chi connectivity index (χ1v) is 6.00. The number of ketones is 1. The second kappa shape index (κ2) is 5.57. The Bertz CT molecular complexity index is 588. The molecule has 3 heteroatoms. The molecule has 0 aliphatic carbocycles. The molecule has 0 fully saturated rings. The summed E-state index contributed by atoms with van der Waals surface area (Å²) in [4.78, 5) is 11.8. The Balaban J connectivity index is 2.77. The molecule has 0 aromatic heterocycles. The van der Waals surface area contributed by atoms with Crippen LogP contribution in [0.25, 0.3) is 11.1 Å². The number of rotatable bonds is 4. The van der Waals surface area contributed by atoms with Crippen molar-refractivity contribution in [2.24, 2.45) is 0 Å². The lowest BCUT2D eigenvalue weighted by Crippen LogP contribution is -2.01. The lowest BCUT2D eigenvalue weighted by atomic mass is 9.96. The fourth-order valence-electron chi connectivity index (χ4n) is 2.11. The van der Waals surface area contributed by atoms with Crippen molar-refractivity contribution in [3.05, 3.63) is 48.0 Å². The van der Waals surface area contributed by atoms with Crippen molar-refractivity contribution in [3.63, 3.8) is 0 Å². The number of carbonyl (C=O) groups excluding carboxylic acids is 1. The zero-order valence-electron chi connectivity index (χ0n) is 11.3. The minimum Gasteiger partial charge on any atom is -0.493 e. The maximum Gasteiger partial charge on any atom is 0.169 e. The highest BCUT2D eigenvalue weighted by Crippen LogP contribution is 2.40. The summed E-state index contributed by atoms with van der Waals surface area (Å²) in [5.41, 5.74) is 2.34. The van der Waals surface area contributed by atoms with E-state index < -0.39 is 0 Å². The zero-order valence-corrected chi connectivity index (χ0v) is 11.3. The second-order valence-corrected chi connectivity index (χ2v) is 4.15. The van der Waals surface area contributed by atoms with Gasteiger partial charge in [-0.15, -0.1) is 0 Å². The van der Waals surface area contributed by atoms with Gasteiger partial charge < -0.3 is 9.47 Å². The summed E-state index contributed by atoms with van der Waals surface area (Å²) < 4.78 is 10.7. The van der Waals surface area contributed by atoms with Gasteiger partial charge in [-0.2, -0.15) is 0 Å². The van der Waals surface area contributed by atoms with Gasteiger partial charge in [0.25, 0.3) is 0 Å². The first-order valence-electron chi connectivity index (χ1n) is 6.00. The second-order valence-electron chi connectivity index (χ2n) is 4.15. The Morgan fingerprint density at radius 2 is 1.63 bits per heavy atom. The van der Waals surface area contributed by atoms with E-state index in [0.717, 1.165) is 11.1 Å². The number of methoxy groups -OCH3 is 2. The van der Waals surface area contributed by atoms with Crippen LogP contribution in [0, 0.1) is 0 Å². The van der Waals surface area contributed by atoms with Crippen LogP contribution in [-0.4, -0.2) is 20.0 Å². The fourth-order valence-corrected chi connectivity index (χ4v) is 2.11. The average molecular weight is 256 g/mol. The Labute approximate surface area is 112 Å². The molecule has 0 unspecified atom stereocenters. The Morgan fingerprint density at radius 3 is 2.16 bits per heavy atom. The number of ether oxygens (including phenoxy) is 2. The number of benzene rings is 2. The van der Waals surface area contributed by atoms with Gasteiger partial charge in [0, 0.05) is 11.1 Å². The van der Waals surface area contributed by atoms with Crippen LogP contribution in [0.15, 0.2) is 42.5 Å². The van der Waals surface area contributed by atoms with Gasteiger partial charge in [-0.3, -0.25) is 4.79 Å². The van der Waals surface area contributed by atoms with Crippen LogP contribution >= 0.6 is 0 Å². The van der Waals surface area contributed by atoms with Crippen molar-refractivity contribution in [3.8, 4) is 22.6 Å². The van der Waals surface area contributed by atoms with Crippen LogP contribution in [0.3, 0.4) is 0 Å². The van der Waals surface area contributed by atoms with Gasteiger partial charge in [-0.25, -0.2) is 0 Å². The molecule has 0 aliphatic rings. The summed E-state index contributed by atoms with van der Waals surface area (Å²) in [6, 6.07) is 13.2. The van der Waals surface area contributed by atoms with Gasteiger partial charge in [0.2, 0.25) is 0 Å². The first kappa shape index (κ1) is 13.1. The largest absolute Gasteiger partial charge is 0.493 e. The quantitative estimate of drug-likeness (QED) is 0.784. The SMILES string of the molecule is COc1ccc(C(C)=O)c(-c2ccccc2)c1OC. The fraction of sp³-hybridized carbons (Fsp3) is 0.188. The Kier molecular flexibility index (Phi) is 3.85.